The molecule has 0 aromatic heterocycles. The second-order valence-corrected chi connectivity index (χ2v) is 6.39. The Kier molecular flexibility index (Phi) is 8.17. The highest BCUT2D eigenvalue weighted by atomic mass is 28.2. The van der Waals surface area contributed by atoms with Gasteiger partial charge in [-0.3, -0.25) is 4.79 Å². The summed E-state index contributed by atoms with van der Waals surface area (Å²) in [6.45, 7) is 1.75. The van der Waals surface area contributed by atoms with E-state index >= 15 is 0 Å². The van der Waals surface area contributed by atoms with Gasteiger partial charge >= 0.3 is 0 Å². The molecule has 0 saturated carbocycles. The number of rotatable bonds is 11. The van der Waals surface area contributed by atoms with Gasteiger partial charge in [0, 0.05) is 18.7 Å². The van der Waals surface area contributed by atoms with Crippen molar-refractivity contribution in [3.05, 3.63) is 59.7 Å². The van der Waals surface area contributed by atoms with Crippen LogP contribution in [-0.4, -0.2) is 47.6 Å². The average Bonchev–Trinajstić information content (AvgIpc) is 2.64. The smallest absolute Gasteiger partial charge is 0.229 e. The minimum absolute atomic E-state index is 0.0730. The largest absolute Gasteiger partial charge is 0.507 e. The van der Waals surface area contributed by atoms with Crippen molar-refractivity contribution in [3.8, 4) is 11.5 Å². The number of benzene rings is 2. The molecule has 2 aromatic carbocycles. The zero-order valence-corrected chi connectivity index (χ0v) is 15.2. The van der Waals surface area contributed by atoms with Gasteiger partial charge in [-0.15, -0.1) is 0 Å². The average molecular weight is 358 g/mol. The second-order valence-electron chi connectivity index (χ2n) is 5.31. The third-order valence-corrected chi connectivity index (χ3v) is 4.40. The number of carbonyl (C=O) groups excluding carboxylic acids is 1. The van der Waals surface area contributed by atoms with E-state index in [1.54, 1.807) is 43.5 Å². The highest BCUT2D eigenvalue weighted by Gasteiger charge is 2.13. The number of carbonyl (C=O) groups is 1. The maximum absolute atomic E-state index is 12.4. The molecular formula is C19H22O5Si. The van der Waals surface area contributed by atoms with E-state index in [-0.39, 0.29) is 17.1 Å². The van der Waals surface area contributed by atoms with Crippen LogP contribution in [-0.2, 0) is 9.16 Å². The number of phenolic OH excluding ortho intramolecular Hbond substituents is 1. The van der Waals surface area contributed by atoms with Crippen LogP contribution in [0.2, 0.25) is 6.04 Å². The van der Waals surface area contributed by atoms with Gasteiger partial charge in [0.15, 0.2) is 5.78 Å². The predicted octanol–water partition coefficient (Wildman–Crippen LogP) is 3.09. The van der Waals surface area contributed by atoms with Gasteiger partial charge in [-0.25, -0.2) is 0 Å². The number of phenols is 1. The first-order valence-electron chi connectivity index (χ1n) is 8.11. The molecule has 0 heterocycles. The van der Waals surface area contributed by atoms with Gasteiger partial charge in [0.1, 0.15) is 11.5 Å². The van der Waals surface area contributed by atoms with Gasteiger partial charge in [-0.05, 0) is 24.6 Å². The number of hydrogen-bond donors (Lipinski definition) is 1. The minimum Gasteiger partial charge on any atom is -0.507 e. The summed E-state index contributed by atoms with van der Waals surface area (Å²) in [7, 11) is 2.08. The third-order valence-electron chi connectivity index (χ3n) is 3.43. The Morgan fingerprint density at radius 1 is 1.08 bits per heavy atom. The Hall–Kier alpha value is -2.15. The van der Waals surface area contributed by atoms with Gasteiger partial charge in [0.05, 0.1) is 25.4 Å². The lowest BCUT2D eigenvalue weighted by Gasteiger charge is -2.09. The van der Waals surface area contributed by atoms with Crippen LogP contribution in [0.15, 0.2) is 48.5 Å². The van der Waals surface area contributed by atoms with Crippen molar-refractivity contribution >= 4 is 15.5 Å². The SMILES string of the molecule is COCCO[Si]CCCOc1ccc(C(=O)c2ccccc2)c(O)c1. The van der Waals surface area contributed by atoms with Crippen LogP contribution in [0.3, 0.4) is 0 Å². The molecule has 132 valence electrons. The Morgan fingerprint density at radius 2 is 1.88 bits per heavy atom. The van der Waals surface area contributed by atoms with E-state index in [9.17, 15) is 9.90 Å². The summed E-state index contributed by atoms with van der Waals surface area (Å²) in [5.74, 6) is 0.265. The fraction of sp³-hybridized carbons (Fsp3) is 0.316. The van der Waals surface area contributed by atoms with Gasteiger partial charge in [-0.2, -0.15) is 0 Å². The Labute approximate surface area is 150 Å². The first-order valence-corrected chi connectivity index (χ1v) is 9.23. The van der Waals surface area contributed by atoms with Crippen LogP contribution in [0, 0.1) is 0 Å². The fourth-order valence-corrected chi connectivity index (χ4v) is 2.80. The van der Waals surface area contributed by atoms with Crippen molar-refractivity contribution in [3.63, 3.8) is 0 Å². The van der Waals surface area contributed by atoms with Gasteiger partial charge in [0.2, 0.25) is 9.76 Å². The van der Waals surface area contributed by atoms with E-state index in [2.05, 4.69) is 0 Å². The molecule has 0 unspecified atom stereocenters. The van der Waals surface area contributed by atoms with E-state index in [1.807, 2.05) is 6.07 Å². The number of hydrogen-bond acceptors (Lipinski definition) is 5. The van der Waals surface area contributed by atoms with Crippen molar-refractivity contribution in [1.29, 1.82) is 0 Å². The normalized spacial score (nSPS) is 10.6. The molecule has 0 spiro atoms. The molecule has 0 bridgehead atoms. The highest BCUT2D eigenvalue weighted by molar-refractivity contribution is 6.26. The van der Waals surface area contributed by atoms with E-state index in [4.69, 9.17) is 13.9 Å². The van der Waals surface area contributed by atoms with Gasteiger partial charge in [0.25, 0.3) is 0 Å². The maximum atomic E-state index is 12.4. The molecule has 5 nitrogen and oxygen atoms in total. The topological polar surface area (TPSA) is 65.0 Å². The molecule has 0 amide bonds. The monoisotopic (exact) mass is 358 g/mol. The Bertz CT molecular complexity index is 660. The molecule has 2 rings (SSSR count). The van der Waals surface area contributed by atoms with Crippen molar-refractivity contribution in [2.24, 2.45) is 0 Å². The first kappa shape index (κ1) is 19.2. The number of ketones is 1. The van der Waals surface area contributed by atoms with E-state index in [0.717, 1.165) is 12.5 Å². The molecule has 1 N–H and O–H groups in total. The summed E-state index contributed by atoms with van der Waals surface area (Å²) in [4.78, 5) is 12.4. The molecule has 0 aliphatic carbocycles. The second kappa shape index (κ2) is 10.7. The number of aromatic hydroxyl groups is 1. The molecule has 0 atom stereocenters. The Morgan fingerprint density at radius 3 is 2.60 bits per heavy atom. The van der Waals surface area contributed by atoms with Crippen molar-refractivity contribution < 1.29 is 23.8 Å². The van der Waals surface area contributed by atoms with Crippen LogP contribution >= 0.6 is 0 Å². The molecule has 2 aromatic rings. The quantitative estimate of drug-likeness (QED) is 0.380. The van der Waals surface area contributed by atoms with Crippen molar-refractivity contribution in [2.75, 3.05) is 26.9 Å². The van der Waals surface area contributed by atoms with E-state index in [1.165, 1.54) is 6.07 Å². The van der Waals surface area contributed by atoms with Gasteiger partial charge in [-0.1, -0.05) is 30.3 Å². The summed E-state index contributed by atoms with van der Waals surface area (Å²) >= 11 is 0. The summed E-state index contributed by atoms with van der Waals surface area (Å²) in [5.41, 5.74) is 0.813. The third kappa shape index (κ3) is 6.34. The molecule has 0 aliphatic heterocycles. The van der Waals surface area contributed by atoms with Crippen LogP contribution in [0.4, 0.5) is 0 Å². The lowest BCUT2D eigenvalue weighted by atomic mass is 10.0. The number of ether oxygens (including phenoxy) is 2. The maximum Gasteiger partial charge on any atom is 0.229 e. The summed E-state index contributed by atoms with van der Waals surface area (Å²) in [6, 6.07) is 14.6. The molecule has 0 saturated heterocycles. The van der Waals surface area contributed by atoms with E-state index < -0.39 is 0 Å². The van der Waals surface area contributed by atoms with Gasteiger partial charge < -0.3 is 19.0 Å². The fourth-order valence-electron chi connectivity index (χ4n) is 2.14. The molecular weight excluding hydrogens is 336 g/mol. The van der Waals surface area contributed by atoms with Crippen LogP contribution in [0.5, 0.6) is 11.5 Å². The highest BCUT2D eigenvalue weighted by Crippen LogP contribution is 2.26. The molecule has 6 heteroatoms. The van der Waals surface area contributed by atoms with Crippen LogP contribution < -0.4 is 4.74 Å². The van der Waals surface area contributed by atoms with Crippen molar-refractivity contribution in [2.45, 2.75) is 12.5 Å². The standard InChI is InChI=1S/C19H22O5Si/c1-22-11-12-24-25-13-5-10-23-16-8-9-17(18(20)14-16)19(21)15-6-3-2-4-7-15/h2-4,6-9,14,20H,5,10-13H2,1H3. The van der Waals surface area contributed by atoms with Crippen LogP contribution in [0.25, 0.3) is 0 Å². The first-order chi connectivity index (χ1) is 12.2. The summed E-state index contributed by atoms with van der Waals surface area (Å²) in [5, 5.41) is 10.1. The predicted molar refractivity (Wildman–Crippen MR) is 96.5 cm³/mol. The summed E-state index contributed by atoms with van der Waals surface area (Å²) < 4.78 is 15.9. The van der Waals surface area contributed by atoms with Crippen molar-refractivity contribution in [1.82, 2.24) is 0 Å². The van der Waals surface area contributed by atoms with Crippen LogP contribution in [0.1, 0.15) is 22.3 Å². The molecule has 25 heavy (non-hydrogen) atoms. The molecule has 2 radical (unpaired) electrons. The lowest BCUT2D eigenvalue weighted by Crippen LogP contribution is -2.07. The molecule has 0 fully saturated rings. The lowest BCUT2D eigenvalue weighted by molar-refractivity contribution is 0.103. The molecule has 0 aliphatic rings. The zero-order chi connectivity index (χ0) is 17.9. The Balaban J connectivity index is 1.79. The zero-order valence-electron chi connectivity index (χ0n) is 14.2. The minimum atomic E-state index is -0.209. The summed E-state index contributed by atoms with van der Waals surface area (Å²) in [6.07, 6.45) is 0.858. The van der Waals surface area contributed by atoms with E-state index in [0.29, 0.717) is 40.9 Å². The number of methoxy groups -OCH3 is 1.